The van der Waals surface area contributed by atoms with Gasteiger partial charge < -0.3 is 9.84 Å². The summed E-state index contributed by atoms with van der Waals surface area (Å²) in [5.41, 5.74) is 3.59. The fourth-order valence-electron chi connectivity index (χ4n) is 4.47. The van der Waals surface area contributed by atoms with Crippen LogP contribution in [0, 0.1) is 17.5 Å². The number of ether oxygens (including phenoxy) is 1. The van der Waals surface area contributed by atoms with E-state index in [0.717, 1.165) is 54.3 Å². The highest BCUT2D eigenvalue weighted by atomic mass is 35.5. The Balaban J connectivity index is 0.000000517. The maximum atomic E-state index is 14.2. The number of aromatic nitrogens is 3. The predicted molar refractivity (Wildman–Crippen MR) is 144 cm³/mol. The number of imidazole rings is 1. The Bertz CT molecular complexity index is 1560. The zero-order valence-electron chi connectivity index (χ0n) is 21.8. The molecule has 6 nitrogen and oxygen atoms in total. The molecule has 14 heteroatoms. The Hall–Kier alpha value is -3.71. The summed E-state index contributed by atoms with van der Waals surface area (Å²) in [6.07, 6.45) is -0.500. The predicted octanol–water partition coefficient (Wildman–Crippen LogP) is 7.74. The second-order valence-corrected chi connectivity index (χ2v) is 10.4. The van der Waals surface area contributed by atoms with E-state index in [1.807, 2.05) is 22.8 Å². The molecule has 0 radical (unpaired) electrons. The van der Waals surface area contributed by atoms with Crippen LogP contribution < -0.4 is 4.74 Å². The number of hydrogen-bond donors (Lipinski definition) is 1. The van der Waals surface area contributed by atoms with Crippen LogP contribution in [0.3, 0.4) is 0 Å². The van der Waals surface area contributed by atoms with Gasteiger partial charge in [0.1, 0.15) is 23.2 Å². The van der Waals surface area contributed by atoms with E-state index >= 15 is 0 Å². The maximum Gasteiger partial charge on any atom is 0.490 e. The number of carboxylic acids is 1. The van der Waals surface area contributed by atoms with E-state index in [9.17, 15) is 26.3 Å². The van der Waals surface area contributed by atoms with Gasteiger partial charge in [0, 0.05) is 22.9 Å². The van der Waals surface area contributed by atoms with Crippen molar-refractivity contribution in [3.63, 3.8) is 0 Å². The summed E-state index contributed by atoms with van der Waals surface area (Å²) in [4.78, 5) is 17.3. The van der Waals surface area contributed by atoms with Crippen LogP contribution in [0.1, 0.15) is 41.3 Å². The Morgan fingerprint density at radius 3 is 2.36 bits per heavy atom. The highest BCUT2D eigenvalue weighted by Gasteiger charge is 2.38. The number of thioether (sulfide) groups is 1. The van der Waals surface area contributed by atoms with Crippen molar-refractivity contribution in [1.82, 2.24) is 14.5 Å². The summed E-state index contributed by atoms with van der Waals surface area (Å²) in [6.45, 7) is 0. The van der Waals surface area contributed by atoms with Crippen molar-refractivity contribution >= 4 is 29.3 Å². The molecule has 1 aliphatic rings. The van der Waals surface area contributed by atoms with Gasteiger partial charge in [-0.1, -0.05) is 29.4 Å². The van der Waals surface area contributed by atoms with Gasteiger partial charge in [0.2, 0.25) is 0 Å². The van der Waals surface area contributed by atoms with Crippen LogP contribution in [0.2, 0.25) is 5.02 Å². The number of aliphatic carboxylic acids is 1. The molecule has 1 aliphatic carbocycles. The fourth-order valence-corrected chi connectivity index (χ4v) is 5.72. The smallest absolute Gasteiger partial charge is 0.490 e. The van der Waals surface area contributed by atoms with Gasteiger partial charge in [-0.25, -0.2) is 22.9 Å². The lowest BCUT2D eigenvalue weighted by Crippen LogP contribution is -2.21. The second kappa shape index (κ2) is 13.1. The Morgan fingerprint density at radius 2 is 1.76 bits per heavy atom. The van der Waals surface area contributed by atoms with Crippen LogP contribution in [-0.4, -0.2) is 38.9 Å². The first-order valence-corrected chi connectivity index (χ1v) is 13.7. The number of aryl methyl sites for hydroxylation is 1. The highest BCUT2D eigenvalue weighted by Crippen LogP contribution is 2.42. The van der Waals surface area contributed by atoms with E-state index in [2.05, 4.69) is 4.98 Å². The van der Waals surface area contributed by atoms with Gasteiger partial charge >= 0.3 is 12.1 Å². The zero-order chi connectivity index (χ0) is 30.6. The molecule has 0 bridgehead atoms. The Labute approximate surface area is 245 Å². The summed E-state index contributed by atoms with van der Waals surface area (Å²) in [7, 11) is 1.58. The molecule has 222 valence electrons. The zero-order valence-corrected chi connectivity index (χ0v) is 23.3. The third kappa shape index (κ3) is 7.01. The third-order valence-electron chi connectivity index (χ3n) is 6.40. The molecule has 2 aromatic carbocycles. The van der Waals surface area contributed by atoms with Crippen molar-refractivity contribution in [3.05, 3.63) is 99.8 Å². The molecule has 0 amide bonds. The lowest BCUT2D eigenvalue weighted by molar-refractivity contribution is -0.192. The SMILES string of the molecule is COc1cc(C2CCCc3nc(SCc4c(F)cncc4F)n(-c4ccc(F)cc4)c32)ccc1Cl.O=C(O)C(F)(F)F. The molecule has 0 saturated heterocycles. The molecule has 1 atom stereocenters. The highest BCUT2D eigenvalue weighted by molar-refractivity contribution is 7.98. The van der Waals surface area contributed by atoms with E-state index in [1.54, 1.807) is 19.2 Å². The minimum atomic E-state index is -5.08. The quantitative estimate of drug-likeness (QED) is 0.174. The maximum absolute atomic E-state index is 14.2. The molecule has 5 rings (SSSR count). The standard InChI is InChI=1S/C26H21ClF3N3OS.C2HF3O2/c1-34-24-11-15(5-10-20(24)27)18-3-2-4-23-25(18)33(17-8-6-16(28)7-9-17)26(32-23)35-14-19-21(29)12-31-13-22(19)30;3-2(4,5)1(6)7/h5-13,18H,2-4,14H2,1H3;(H,6,7). The number of pyridine rings is 1. The molecule has 0 spiro atoms. The minimum Gasteiger partial charge on any atom is -0.495 e. The van der Waals surface area contributed by atoms with Gasteiger partial charge in [0.15, 0.2) is 5.16 Å². The van der Waals surface area contributed by atoms with Crippen LogP contribution in [-0.2, 0) is 17.0 Å². The number of alkyl halides is 3. The summed E-state index contributed by atoms with van der Waals surface area (Å²) >= 11 is 7.49. The molecule has 0 fully saturated rings. The first kappa shape index (κ1) is 31.2. The number of fused-ring (bicyclic) bond motifs is 1. The van der Waals surface area contributed by atoms with Crippen molar-refractivity contribution in [2.24, 2.45) is 0 Å². The summed E-state index contributed by atoms with van der Waals surface area (Å²) in [6, 6.07) is 11.9. The van der Waals surface area contributed by atoms with Crippen molar-refractivity contribution < 1.29 is 41.0 Å². The average molecular weight is 630 g/mol. The topological polar surface area (TPSA) is 77.2 Å². The molecule has 0 aliphatic heterocycles. The number of hydrogen-bond acceptors (Lipinski definition) is 5. The molecular weight excluding hydrogens is 608 g/mol. The Morgan fingerprint density at radius 1 is 1.12 bits per heavy atom. The van der Waals surface area contributed by atoms with E-state index in [1.165, 1.54) is 23.9 Å². The van der Waals surface area contributed by atoms with Crippen molar-refractivity contribution in [1.29, 1.82) is 0 Å². The largest absolute Gasteiger partial charge is 0.495 e. The van der Waals surface area contributed by atoms with E-state index < -0.39 is 23.8 Å². The van der Waals surface area contributed by atoms with E-state index in [-0.39, 0.29) is 23.1 Å². The lowest BCUT2D eigenvalue weighted by atomic mass is 9.84. The molecule has 1 unspecified atom stereocenters. The molecular formula is C28H22ClF6N3O3S. The van der Waals surface area contributed by atoms with E-state index in [0.29, 0.717) is 15.9 Å². The molecule has 2 aromatic heterocycles. The third-order valence-corrected chi connectivity index (χ3v) is 7.68. The van der Waals surface area contributed by atoms with Gasteiger partial charge in [-0.15, -0.1) is 0 Å². The Kier molecular flexibility index (Phi) is 9.72. The molecule has 42 heavy (non-hydrogen) atoms. The summed E-state index contributed by atoms with van der Waals surface area (Å²) < 4.78 is 81.3. The van der Waals surface area contributed by atoms with Crippen LogP contribution in [0.5, 0.6) is 5.75 Å². The van der Waals surface area contributed by atoms with Crippen molar-refractivity contribution in [2.75, 3.05) is 7.11 Å². The van der Waals surface area contributed by atoms with Crippen molar-refractivity contribution in [2.45, 2.75) is 42.3 Å². The van der Waals surface area contributed by atoms with Crippen LogP contribution in [0.4, 0.5) is 26.3 Å². The number of methoxy groups -OCH3 is 1. The average Bonchev–Trinajstić information content (AvgIpc) is 3.32. The van der Waals surface area contributed by atoms with Gasteiger partial charge in [0.05, 0.1) is 35.9 Å². The number of halogens is 7. The molecule has 4 aromatic rings. The van der Waals surface area contributed by atoms with Gasteiger partial charge in [-0.05, 0) is 61.2 Å². The number of benzene rings is 2. The number of carboxylic acid groups (broad SMARTS) is 1. The monoisotopic (exact) mass is 629 g/mol. The second-order valence-electron chi connectivity index (χ2n) is 9.05. The molecule has 2 heterocycles. The number of rotatable bonds is 6. The molecule has 1 N–H and O–H groups in total. The van der Waals surface area contributed by atoms with E-state index in [4.69, 9.17) is 31.2 Å². The summed E-state index contributed by atoms with van der Waals surface area (Å²) in [5.74, 6) is -3.89. The van der Waals surface area contributed by atoms with Gasteiger partial charge in [0.25, 0.3) is 0 Å². The first-order chi connectivity index (χ1) is 19.9. The first-order valence-electron chi connectivity index (χ1n) is 12.3. The van der Waals surface area contributed by atoms with Crippen LogP contribution in [0.25, 0.3) is 5.69 Å². The number of carbonyl (C=O) groups is 1. The van der Waals surface area contributed by atoms with Gasteiger partial charge in [-0.3, -0.25) is 9.55 Å². The van der Waals surface area contributed by atoms with Crippen molar-refractivity contribution in [3.8, 4) is 11.4 Å². The molecule has 0 saturated carbocycles. The fraction of sp³-hybridized carbons (Fsp3) is 0.250. The van der Waals surface area contributed by atoms with Crippen LogP contribution >= 0.6 is 23.4 Å². The number of nitrogens with zero attached hydrogens (tertiary/aromatic N) is 3. The normalized spacial score (nSPS) is 14.5. The van der Waals surface area contributed by atoms with Crippen LogP contribution in [0.15, 0.2) is 60.0 Å². The summed E-state index contributed by atoms with van der Waals surface area (Å²) in [5, 5.41) is 8.24. The minimum absolute atomic E-state index is 0.00813. The lowest BCUT2D eigenvalue weighted by Gasteiger charge is -2.25. The van der Waals surface area contributed by atoms with Gasteiger partial charge in [-0.2, -0.15) is 13.2 Å².